The van der Waals surface area contributed by atoms with E-state index in [1.807, 2.05) is 6.92 Å². The Labute approximate surface area is 103 Å². The van der Waals surface area contributed by atoms with Gasteiger partial charge in [-0.15, -0.1) is 11.8 Å². The van der Waals surface area contributed by atoms with Crippen LogP contribution in [0.2, 0.25) is 0 Å². The van der Waals surface area contributed by atoms with Crippen molar-refractivity contribution < 1.29 is 4.79 Å². The van der Waals surface area contributed by atoms with Gasteiger partial charge in [-0.1, -0.05) is 13.3 Å². The summed E-state index contributed by atoms with van der Waals surface area (Å²) in [5.41, 5.74) is 0. The molecule has 1 heterocycles. The number of amides is 1. The number of piperidine rings is 1. The molecule has 0 saturated carbocycles. The maximum Gasteiger partial charge on any atom is 0.233 e. The second kappa shape index (κ2) is 7.96. The van der Waals surface area contributed by atoms with Crippen LogP contribution in [-0.4, -0.2) is 36.0 Å². The van der Waals surface area contributed by atoms with Gasteiger partial charge in [0, 0.05) is 6.04 Å². The molecule has 1 amide bonds. The smallest absolute Gasteiger partial charge is 0.233 e. The summed E-state index contributed by atoms with van der Waals surface area (Å²) in [4.78, 5) is 11.9. The van der Waals surface area contributed by atoms with Gasteiger partial charge in [0.05, 0.1) is 5.25 Å². The zero-order chi connectivity index (χ0) is 11.8. The van der Waals surface area contributed by atoms with Crippen molar-refractivity contribution in [2.75, 3.05) is 18.8 Å². The Morgan fingerprint density at radius 1 is 1.50 bits per heavy atom. The van der Waals surface area contributed by atoms with Crippen LogP contribution in [-0.2, 0) is 4.79 Å². The molecule has 94 valence electrons. The highest BCUT2D eigenvalue weighted by molar-refractivity contribution is 8.00. The first-order valence-electron chi connectivity index (χ1n) is 6.36. The molecule has 4 heteroatoms. The van der Waals surface area contributed by atoms with Gasteiger partial charge in [0.2, 0.25) is 5.91 Å². The summed E-state index contributed by atoms with van der Waals surface area (Å²) in [5, 5.41) is 6.55. The third-order valence-electron chi connectivity index (χ3n) is 2.92. The van der Waals surface area contributed by atoms with E-state index in [2.05, 4.69) is 17.6 Å². The second-order valence-corrected chi connectivity index (χ2v) is 5.85. The van der Waals surface area contributed by atoms with Gasteiger partial charge >= 0.3 is 0 Å². The van der Waals surface area contributed by atoms with Crippen LogP contribution in [0.25, 0.3) is 0 Å². The van der Waals surface area contributed by atoms with Gasteiger partial charge in [0.1, 0.15) is 0 Å². The molecule has 1 unspecified atom stereocenters. The molecule has 2 N–H and O–H groups in total. The molecule has 1 fully saturated rings. The standard InChI is InChI=1S/C12H24N2OS/c1-3-4-9-16-10(2)12(15)14-11-5-7-13-8-6-11/h10-11,13H,3-9H2,1-2H3,(H,14,15). The van der Waals surface area contributed by atoms with E-state index in [1.54, 1.807) is 11.8 Å². The van der Waals surface area contributed by atoms with E-state index in [4.69, 9.17) is 0 Å². The number of hydrogen-bond donors (Lipinski definition) is 2. The molecule has 0 bridgehead atoms. The van der Waals surface area contributed by atoms with E-state index in [1.165, 1.54) is 12.8 Å². The minimum Gasteiger partial charge on any atom is -0.352 e. The summed E-state index contributed by atoms with van der Waals surface area (Å²) >= 11 is 1.77. The lowest BCUT2D eigenvalue weighted by atomic mass is 10.1. The van der Waals surface area contributed by atoms with Crippen molar-refractivity contribution in [1.29, 1.82) is 0 Å². The van der Waals surface area contributed by atoms with Crippen LogP contribution in [0.3, 0.4) is 0 Å². The van der Waals surface area contributed by atoms with E-state index >= 15 is 0 Å². The Bertz CT molecular complexity index is 205. The molecule has 0 aromatic heterocycles. The fourth-order valence-electron chi connectivity index (χ4n) is 1.76. The third kappa shape index (κ3) is 5.21. The number of hydrogen-bond acceptors (Lipinski definition) is 3. The van der Waals surface area contributed by atoms with Crippen molar-refractivity contribution in [2.24, 2.45) is 0 Å². The molecule has 0 spiro atoms. The highest BCUT2D eigenvalue weighted by Gasteiger charge is 2.19. The van der Waals surface area contributed by atoms with Gasteiger partial charge in [0.15, 0.2) is 0 Å². The Morgan fingerprint density at radius 2 is 2.19 bits per heavy atom. The highest BCUT2D eigenvalue weighted by Crippen LogP contribution is 2.13. The minimum absolute atomic E-state index is 0.0986. The van der Waals surface area contributed by atoms with Gasteiger partial charge < -0.3 is 10.6 Å². The van der Waals surface area contributed by atoms with Gasteiger partial charge in [-0.2, -0.15) is 0 Å². The van der Waals surface area contributed by atoms with Crippen LogP contribution < -0.4 is 10.6 Å². The summed E-state index contributed by atoms with van der Waals surface area (Å²) in [6.45, 7) is 6.25. The fraction of sp³-hybridized carbons (Fsp3) is 0.917. The number of unbranched alkanes of at least 4 members (excludes halogenated alkanes) is 1. The van der Waals surface area contributed by atoms with E-state index in [0.29, 0.717) is 6.04 Å². The summed E-state index contributed by atoms with van der Waals surface area (Å²) < 4.78 is 0. The number of nitrogens with one attached hydrogen (secondary N) is 2. The second-order valence-electron chi connectivity index (χ2n) is 4.40. The maximum absolute atomic E-state index is 11.9. The van der Waals surface area contributed by atoms with Crippen molar-refractivity contribution in [3.8, 4) is 0 Å². The summed E-state index contributed by atoms with van der Waals surface area (Å²) in [6, 6.07) is 0.392. The quantitative estimate of drug-likeness (QED) is 0.700. The number of carbonyl (C=O) groups is 1. The lowest BCUT2D eigenvalue weighted by Crippen LogP contribution is -2.45. The highest BCUT2D eigenvalue weighted by atomic mass is 32.2. The molecule has 16 heavy (non-hydrogen) atoms. The van der Waals surface area contributed by atoms with E-state index < -0.39 is 0 Å². The normalized spacial score (nSPS) is 19.4. The molecular formula is C12H24N2OS. The molecule has 3 nitrogen and oxygen atoms in total. The number of thioether (sulfide) groups is 1. The van der Waals surface area contributed by atoms with Gasteiger partial charge in [-0.3, -0.25) is 4.79 Å². The first-order valence-corrected chi connectivity index (χ1v) is 7.41. The van der Waals surface area contributed by atoms with Crippen LogP contribution in [0.15, 0.2) is 0 Å². The Morgan fingerprint density at radius 3 is 2.81 bits per heavy atom. The van der Waals surface area contributed by atoms with E-state index in [9.17, 15) is 4.79 Å². The zero-order valence-corrected chi connectivity index (χ0v) is 11.2. The molecule has 1 aliphatic rings. The fourth-order valence-corrected chi connectivity index (χ4v) is 2.79. The Kier molecular flexibility index (Phi) is 6.88. The monoisotopic (exact) mass is 244 g/mol. The summed E-state index contributed by atoms with van der Waals surface area (Å²) in [7, 11) is 0. The average molecular weight is 244 g/mol. The summed E-state index contributed by atoms with van der Waals surface area (Å²) in [6.07, 6.45) is 4.54. The molecule has 0 aromatic carbocycles. The van der Waals surface area contributed by atoms with Crippen LogP contribution in [0.5, 0.6) is 0 Å². The van der Waals surface area contributed by atoms with Gasteiger partial charge in [-0.05, 0) is 45.0 Å². The van der Waals surface area contributed by atoms with Gasteiger partial charge in [-0.25, -0.2) is 0 Å². The Balaban J connectivity index is 2.16. The van der Waals surface area contributed by atoms with Crippen molar-refractivity contribution in [3.05, 3.63) is 0 Å². The molecule has 0 aliphatic carbocycles. The molecular weight excluding hydrogens is 220 g/mol. The van der Waals surface area contributed by atoms with E-state index in [0.717, 1.165) is 31.7 Å². The number of carbonyl (C=O) groups excluding carboxylic acids is 1. The zero-order valence-electron chi connectivity index (χ0n) is 10.4. The SMILES string of the molecule is CCCCSC(C)C(=O)NC1CCNCC1. The number of rotatable bonds is 6. The molecule has 0 radical (unpaired) electrons. The third-order valence-corrected chi connectivity index (χ3v) is 4.16. The van der Waals surface area contributed by atoms with Crippen LogP contribution >= 0.6 is 11.8 Å². The molecule has 0 aromatic rings. The first-order chi connectivity index (χ1) is 7.74. The predicted molar refractivity (Wildman–Crippen MR) is 70.9 cm³/mol. The van der Waals surface area contributed by atoms with Gasteiger partial charge in [0.25, 0.3) is 0 Å². The lowest BCUT2D eigenvalue weighted by molar-refractivity contribution is -0.121. The Hall–Kier alpha value is -0.220. The molecule has 1 rings (SSSR count). The minimum atomic E-state index is 0.0986. The summed E-state index contributed by atoms with van der Waals surface area (Å²) in [5.74, 6) is 1.31. The molecule has 1 saturated heterocycles. The van der Waals surface area contributed by atoms with Crippen LogP contribution in [0.4, 0.5) is 0 Å². The molecule has 1 atom stereocenters. The van der Waals surface area contributed by atoms with Crippen LogP contribution in [0, 0.1) is 0 Å². The lowest BCUT2D eigenvalue weighted by Gasteiger charge is -2.25. The van der Waals surface area contributed by atoms with Crippen molar-refractivity contribution in [3.63, 3.8) is 0 Å². The first kappa shape index (κ1) is 13.8. The van der Waals surface area contributed by atoms with E-state index in [-0.39, 0.29) is 11.2 Å². The topological polar surface area (TPSA) is 41.1 Å². The maximum atomic E-state index is 11.9. The largest absolute Gasteiger partial charge is 0.352 e. The van der Waals surface area contributed by atoms with Crippen molar-refractivity contribution in [1.82, 2.24) is 10.6 Å². The van der Waals surface area contributed by atoms with Crippen molar-refractivity contribution >= 4 is 17.7 Å². The van der Waals surface area contributed by atoms with Crippen molar-refractivity contribution in [2.45, 2.75) is 50.8 Å². The molecule has 1 aliphatic heterocycles. The van der Waals surface area contributed by atoms with Crippen LogP contribution in [0.1, 0.15) is 39.5 Å². The average Bonchev–Trinajstić information content (AvgIpc) is 2.30. The predicted octanol–water partition coefficient (Wildman–Crippen LogP) is 1.78.